The Morgan fingerprint density at radius 2 is 2.32 bits per heavy atom. The summed E-state index contributed by atoms with van der Waals surface area (Å²) in [6.45, 7) is 6.77. The number of nitrogens with one attached hydrogen (secondary N) is 2. The topological polar surface area (TPSA) is 64.3 Å². The van der Waals surface area contributed by atoms with Gasteiger partial charge < -0.3 is 10.2 Å². The molecule has 3 heterocycles. The van der Waals surface area contributed by atoms with Gasteiger partial charge in [0.2, 0.25) is 0 Å². The third-order valence-electron chi connectivity index (χ3n) is 4.96. The molecule has 2 aliphatic heterocycles. The number of aromatic amines is 1. The molecule has 122 valence electrons. The van der Waals surface area contributed by atoms with Gasteiger partial charge in [-0.25, -0.2) is 4.79 Å². The summed E-state index contributed by atoms with van der Waals surface area (Å²) < 4.78 is 0. The standard InChI is InChI=1S/C16H27N5O/c1-13-14(11-18-19-13)5-4-7-17-16(22)21-10-9-20-8-3-2-6-15(20)12-21/h11,15H,2-10,12H2,1H3,(H,17,22)(H,18,19)/t15-/m1/s1. The smallest absolute Gasteiger partial charge is 0.317 e. The maximum atomic E-state index is 12.3. The van der Waals surface area contributed by atoms with E-state index in [1.807, 2.05) is 18.0 Å². The molecule has 6 heteroatoms. The first-order valence-electron chi connectivity index (χ1n) is 8.49. The van der Waals surface area contributed by atoms with Crippen molar-refractivity contribution in [1.29, 1.82) is 0 Å². The van der Waals surface area contributed by atoms with E-state index in [1.54, 1.807) is 0 Å². The molecule has 0 saturated carbocycles. The number of aromatic nitrogens is 2. The van der Waals surface area contributed by atoms with E-state index in [2.05, 4.69) is 20.4 Å². The monoisotopic (exact) mass is 305 g/mol. The molecule has 1 atom stereocenters. The number of carbonyl (C=O) groups excluding carboxylic acids is 1. The van der Waals surface area contributed by atoms with Crippen molar-refractivity contribution in [2.24, 2.45) is 0 Å². The molecule has 0 radical (unpaired) electrons. The maximum absolute atomic E-state index is 12.3. The number of H-pyrrole nitrogens is 1. The lowest BCUT2D eigenvalue weighted by molar-refractivity contribution is 0.0644. The van der Waals surface area contributed by atoms with Crippen LogP contribution in [0, 0.1) is 6.92 Å². The summed E-state index contributed by atoms with van der Waals surface area (Å²) in [6.07, 6.45) is 7.65. The molecule has 3 rings (SSSR count). The molecular formula is C16H27N5O. The first-order valence-corrected chi connectivity index (χ1v) is 8.49. The number of rotatable bonds is 4. The number of amides is 2. The summed E-state index contributed by atoms with van der Waals surface area (Å²) in [5.74, 6) is 0. The van der Waals surface area contributed by atoms with E-state index in [0.717, 1.165) is 44.7 Å². The summed E-state index contributed by atoms with van der Waals surface area (Å²) in [7, 11) is 0. The first-order chi connectivity index (χ1) is 10.7. The predicted octanol–water partition coefficient (Wildman–Crippen LogP) is 1.53. The van der Waals surface area contributed by atoms with E-state index >= 15 is 0 Å². The largest absolute Gasteiger partial charge is 0.338 e. The van der Waals surface area contributed by atoms with Gasteiger partial charge in [-0.05, 0) is 44.7 Å². The molecule has 2 aliphatic rings. The van der Waals surface area contributed by atoms with Crippen molar-refractivity contribution < 1.29 is 4.79 Å². The van der Waals surface area contributed by atoms with E-state index in [-0.39, 0.29) is 6.03 Å². The van der Waals surface area contributed by atoms with Crippen LogP contribution < -0.4 is 5.32 Å². The highest BCUT2D eigenvalue weighted by atomic mass is 16.2. The fourth-order valence-electron chi connectivity index (χ4n) is 3.55. The number of hydrogen-bond acceptors (Lipinski definition) is 3. The second-order valence-electron chi connectivity index (χ2n) is 6.49. The molecule has 0 aliphatic carbocycles. The van der Waals surface area contributed by atoms with Crippen molar-refractivity contribution >= 4 is 6.03 Å². The molecule has 2 saturated heterocycles. The molecule has 0 spiro atoms. The zero-order valence-corrected chi connectivity index (χ0v) is 13.5. The first kappa shape index (κ1) is 15.3. The van der Waals surface area contributed by atoms with Crippen LogP contribution in [-0.2, 0) is 6.42 Å². The highest BCUT2D eigenvalue weighted by Crippen LogP contribution is 2.20. The normalized spacial score (nSPS) is 22.4. The second-order valence-corrected chi connectivity index (χ2v) is 6.49. The molecular weight excluding hydrogens is 278 g/mol. The molecule has 1 aromatic heterocycles. The molecule has 2 fully saturated rings. The number of urea groups is 1. The third-order valence-corrected chi connectivity index (χ3v) is 4.96. The number of hydrogen-bond donors (Lipinski definition) is 2. The van der Waals surface area contributed by atoms with Crippen LogP contribution in [0.3, 0.4) is 0 Å². The number of nitrogens with zero attached hydrogens (tertiary/aromatic N) is 3. The van der Waals surface area contributed by atoms with Crippen LogP contribution in [0.25, 0.3) is 0 Å². The van der Waals surface area contributed by atoms with Gasteiger partial charge in [0.25, 0.3) is 0 Å². The van der Waals surface area contributed by atoms with Crippen LogP contribution in [0.1, 0.15) is 36.9 Å². The van der Waals surface area contributed by atoms with Crippen LogP contribution in [0.15, 0.2) is 6.20 Å². The Morgan fingerprint density at radius 1 is 1.41 bits per heavy atom. The summed E-state index contributed by atoms with van der Waals surface area (Å²) in [4.78, 5) is 16.8. The Bertz CT molecular complexity index is 500. The molecule has 0 aromatic carbocycles. The van der Waals surface area contributed by atoms with Crippen molar-refractivity contribution in [3.05, 3.63) is 17.5 Å². The van der Waals surface area contributed by atoms with Crippen LogP contribution in [0.2, 0.25) is 0 Å². The number of carbonyl (C=O) groups is 1. The Balaban J connectivity index is 1.38. The van der Waals surface area contributed by atoms with Crippen LogP contribution in [0.4, 0.5) is 4.79 Å². The van der Waals surface area contributed by atoms with Gasteiger partial charge in [-0.3, -0.25) is 10.00 Å². The third kappa shape index (κ3) is 3.61. The SMILES string of the molecule is Cc1[nH]ncc1CCCNC(=O)N1CCN2CCCC[C@@H]2C1. The van der Waals surface area contributed by atoms with Crippen molar-refractivity contribution in [1.82, 2.24) is 25.3 Å². The summed E-state index contributed by atoms with van der Waals surface area (Å²) in [5.41, 5.74) is 2.37. The van der Waals surface area contributed by atoms with E-state index in [4.69, 9.17) is 0 Å². The summed E-state index contributed by atoms with van der Waals surface area (Å²) in [6, 6.07) is 0.691. The van der Waals surface area contributed by atoms with E-state index in [1.165, 1.54) is 31.4 Å². The maximum Gasteiger partial charge on any atom is 0.317 e. The number of fused-ring (bicyclic) bond motifs is 1. The Hall–Kier alpha value is -1.56. The van der Waals surface area contributed by atoms with Gasteiger partial charge in [0.05, 0.1) is 6.20 Å². The van der Waals surface area contributed by atoms with Crippen molar-refractivity contribution in [2.45, 2.75) is 45.1 Å². The molecule has 22 heavy (non-hydrogen) atoms. The van der Waals surface area contributed by atoms with Gasteiger partial charge in [0.1, 0.15) is 0 Å². The number of piperidine rings is 1. The van der Waals surface area contributed by atoms with Crippen LogP contribution >= 0.6 is 0 Å². The fourth-order valence-corrected chi connectivity index (χ4v) is 3.55. The van der Waals surface area contributed by atoms with Crippen molar-refractivity contribution in [3.8, 4) is 0 Å². The predicted molar refractivity (Wildman–Crippen MR) is 85.8 cm³/mol. The Kier molecular flexibility index (Phi) is 4.97. The van der Waals surface area contributed by atoms with Gasteiger partial charge in [0.15, 0.2) is 0 Å². The lowest BCUT2D eigenvalue weighted by Crippen LogP contribution is -2.58. The van der Waals surface area contributed by atoms with Crippen molar-refractivity contribution in [2.75, 3.05) is 32.7 Å². The zero-order valence-electron chi connectivity index (χ0n) is 13.5. The average molecular weight is 305 g/mol. The fraction of sp³-hybridized carbons (Fsp3) is 0.750. The Morgan fingerprint density at radius 3 is 3.14 bits per heavy atom. The van der Waals surface area contributed by atoms with E-state index in [0.29, 0.717) is 6.04 Å². The summed E-state index contributed by atoms with van der Waals surface area (Å²) in [5, 5.41) is 10.0. The molecule has 1 aromatic rings. The second kappa shape index (κ2) is 7.13. The average Bonchev–Trinajstić information content (AvgIpc) is 2.96. The Labute approximate surface area is 132 Å². The van der Waals surface area contributed by atoms with E-state index < -0.39 is 0 Å². The molecule has 6 nitrogen and oxygen atoms in total. The van der Waals surface area contributed by atoms with Gasteiger partial charge in [-0.15, -0.1) is 0 Å². The minimum atomic E-state index is 0.106. The zero-order chi connectivity index (χ0) is 15.4. The summed E-state index contributed by atoms with van der Waals surface area (Å²) >= 11 is 0. The lowest BCUT2D eigenvalue weighted by atomic mass is 10.00. The highest BCUT2D eigenvalue weighted by Gasteiger charge is 2.30. The number of piperazine rings is 1. The van der Waals surface area contributed by atoms with Gasteiger partial charge in [-0.1, -0.05) is 6.42 Å². The lowest BCUT2D eigenvalue weighted by Gasteiger charge is -2.43. The van der Waals surface area contributed by atoms with Gasteiger partial charge >= 0.3 is 6.03 Å². The minimum absolute atomic E-state index is 0.106. The van der Waals surface area contributed by atoms with Crippen molar-refractivity contribution in [3.63, 3.8) is 0 Å². The quantitative estimate of drug-likeness (QED) is 0.829. The van der Waals surface area contributed by atoms with Crippen LogP contribution in [0.5, 0.6) is 0 Å². The highest BCUT2D eigenvalue weighted by molar-refractivity contribution is 5.74. The molecule has 2 amide bonds. The van der Waals surface area contributed by atoms with Gasteiger partial charge in [-0.2, -0.15) is 5.10 Å². The number of aryl methyl sites for hydroxylation is 2. The molecule has 2 N–H and O–H groups in total. The molecule has 0 bridgehead atoms. The molecule has 0 unspecified atom stereocenters. The minimum Gasteiger partial charge on any atom is -0.338 e. The van der Waals surface area contributed by atoms with E-state index in [9.17, 15) is 4.79 Å². The van der Waals surface area contributed by atoms with Crippen LogP contribution in [-0.4, -0.2) is 64.8 Å². The van der Waals surface area contributed by atoms with Gasteiger partial charge in [0, 0.05) is 37.9 Å².